The predicted molar refractivity (Wildman–Crippen MR) is 56.6 cm³/mol. The maximum Gasteiger partial charge on any atom is 2.00 e. The van der Waals surface area contributed by atoms with Gasteiger partial charge in [-0.25, -0.2) is 0 Å². The van der Waals surface area contributed by atoms with Crippen molar-refractivity contribution in [3.05, 3.63) is 29.2 Å². The Labute approximate surface area is 108 Å². The number of para-hydroxylation sites is 1. The summed E-state index contributed by atoms with van der Waals surface area (Å²) in [7, 11) is 1.39. The zero-order valence-electron chi connectivity index (χ0n) is 8.84. The van der Waals surface area contributed by atoms with E-state index in [4.69, 9.17) is 10.5 Å². The van der Waals surface area contributed by atoms with Gasteiger partial charge in [0.15, 0.2) is 6.03 Å². The molecule has 0 saturated heterocycles. The number of amides is 2. The Bertz CT molecular complexity index is 398. The first kappa shape index (κ1) is 17.6. The molecular formula is C9H11CoN3O4. The smallest absolute Gasteiger partial charge is 0.870 e. The SMILES string of the molecule is COc1cccc(/C=N/[N-]C(N)=O)c1[O-].O.[Co+2]. The van der Waals surface area contributed by atoms with Crippen molar-refractivity contribution in [3.63, 3.8) is 0 Å². The maximum absolute atomic E-state index is 11.5. The van der Waals surface area contributed by atoms with E-state index in [2.05, 4.69) is 10.5 Å². The Morgan fingerprint density at radius 3 is 2.76 bits per heavy atom. The fourth-order valence-corrected chi connectivity index (χ4v) is 0.943. The summed E-state index contributed by atoms with van der Waals surface area (Å²) in [4.78, 5) is 10.2. The Hall–Kier alpha value is -1.77. The number of hydrogen-bond acceptors (Lipinski definition) is 4. The second-order valence-electron chi connectivity index (χ2n) is 2.56. The largest absolute Gasteiger partial charge is 2.00 e. The number of carbonyl (C=O) groups excluding carboxylic acids is 1. The molecule has 0 aromatic heterocycles. The van der Waals surface area contributed by atoms with Gasteiger partial charge in [0.05, 0.1) is 7.11 Å². The van der Waals surface area contributed by atoms with Gasteiger partial charge in [0.25, 0.3) is 0 Å². The van der Waals surface area contributed by atoms with Gasteiger partial charge in [-0.2, -0.15) is 0 Å². The minimum atomic E-state index is -0.915. The van der Waals surface area contributed by atoms with Crippen molar-refractivity contribution in [2.75, 3.05) is 7.11 Å². The van der Waals surface area contributed by atoms with Crippen molar-refractivity contribution in [2.24, 2.45) is 10.8 Å². The van der Waals surface area contributed by atoms with E-state index in [0.29, 0.717) is 0 Å². The van der Waals surface area contributed by atoms with Crippen molar-refractivity contribution in [2.45, 2.75) is 0 Å². The van der Waals surface area contributed by atoms with Gasteiger partial charge in [-0.05, 0) is 11.6 Å². The van der Waals surface area contributed by atoms with Crippen molar-refractivity contribution in [3.8, 4) is 11.5 Å². The summed E-state index contributed by atoms with van der Waals surface area (Å²) in [5, 5.41) is 14.8. The van der Waals surface area contributed by atoms with Crippen LogP contribution in [0.4, 0.5) is 4.79 Å². The third-order valence-corrected chi connectivity index (χ3v) is 1.58. The molecule has 8 heteroatoms. The summed E-state index contributed by atoms with van der Waals surface area (Å²) in [5.74, 6) is -0.110. The number of primary amides is 1. The minimum absolute atomic E-state index is 0. The van der Waals surface area contributed by atoms with Gasteiger partial charge in [0, 0.05) is 6.21 Å². The van der Waals surface area contributed by atoms with E-state index in [0.717, 1.165) is 6.21 Å². The number of nitrogens with zero attached hydrogens (tertiary/aromatic N) is 2. The molecule has 0 aliphatic heterocycles. The monoisotopic (exact) mass is 284 g/mol. The van der Waals surface area contributed by atoms with Gasteiger partial charge in [0.2, 0.25) is 0 Å². The molecular weight excluding hydrogens is 273 g/mol. The average Bonchev–Trinajstić information content (AvgIpc) is 2.20. The number of hydrogen-bond donors (Lipinski definition) is 1. The molecule has 0 bridgehead atoms. The van der Waals surface area contributed by atoms with Crippen molar-refractivity contribution in [1.82, 2.24) is 0 Å². The molecule has 0 unspecified atom stereocenters. The van der Waals surface area contributed by atoms with Crippen LogP contribution in [-0.2, 0) is 16.8 Å². The molecule has 7 nitrogen and oxygen atoms in total. The molecule has 0 aliphatic rings. The second kappa shape index (κ2) is 8.39. The first-order valence-electron chi connectivity index (χ1n) is 4.02. The van der Waals surface area contributed by atoms with Crippen LogP contribution in [0.1, 0.15) is 5.56 Å². The van der Waals surface area contributed by atoms with E-state index in [1.54, 1.807) is 6.07 Å². The molecule has 0 atom stereocenters. The predicted octanol–water partition coefficient (Wildman–Crippen LogP) is -0.272. The van der Waals surface area contributed by atoms with Crippen LogP contribution < -0.4 is 15.6 Å². The van der Waals surface area contributed by atoms with E-state index in [1.807, 2.05) is 0 Å². The second-order valence-corrected chi connectivity index (χ2v) is 2.56. The third kappa shape index (κ3) is 5.20. The number of benzene rings is 1. The quantitative estimate of drug-likeness (QED) is 0.604. The molecule has 1 radical (unpaired) electrons. The van der Waals surface area contributed by atoms with Gasteiger partial charge in [-0.15, -0.1) is 0 Å². The molecule has 0 aliphatic carbocycles. The van der Waals surface area contributed by atoms with Crippen LogP contribution in [0.3, 0.4) is 0 Å². The van der Waals surface area contributed by atoms with Crippen LogP contribution in [0, 0.1) is 0 Å². The Morgan fingerprint density at radius 1 is 1.59 bits per heavy atom. The molecule has 0 heterocycles. The summed E-state index contributed by atoms with van der Waals surface area (Å²) < 4.78 is 4.82. The summed E-state index contributed by atoms with van der Waals surface area (Å²) >= 11 is 0. The number of urea groups is 1. The van der Waals surface area contributed by atoms with E-state index < -0.39 is 6.03 Å². The van der Waals surface area contributed by atoms with Gasteiger partial charge >= 0.3 is 16.8 Å². The zero-order valence-corrected chi connectivity index (χ0v) is 9.88. The summed E-state index contributed by atoms with van der Waals surface area (Å²) in [5.41, 5.74) is 8.05. The number of carbonyl (C=O) groups is 1. The molecule has 2 amide bonds. The minimum Gasteiger partial charge on any atom is -0.870 e. The maximum atomic E-state index is 11.5. The Kier molecular flexibility index (Phi) is 8.69. The van der Waals surface area contributed by atoms with E-state index in [-0.39, 0.29) is 39.3 Å². The average molecular weight is 284 g/mol. The molecule has 1 aromatic carbocycles. The van der Waals surface area contributed by atoms with Crippen LogP contribution in [0.15, 0.2) is 23.3 Å². The number of ether oxygens (including phenoxy) is 1. The molecule has 0 saturated carbocycles. The van der Waals surface area contributed by atoms with Crippen LogP contribution in [0.2, 0.25) is 0 Å². The number of methoxy groups -OCH3 is 1. The van der Waals surface area contributed by atoms with E-state index >= 15 is 0 Å². The molecule has 95 valence electrons. The summed E-state index contributed by atoms with van der Waals surface area (Å²) in [6.45, 7) is 0. The third-order valence-electron chi connectivity index (χ3n) is 1.58. The van der Waals surface area contributed by atoms with Crippen molar-refractivity contribution < 1.29 is 36.9 Å². The van der Waals surface area contributed by atoms with Crippen LogP contribution >= 0.6 is 0 Å². The van der Waals surface area contributed by atoms with Crippen molar-refractivity contribution >= 4 is 12.2 Å². The van der Waals surface area contributed by atoms with Gasteiger partial charge in [0.1, 0.15) is 5.75 Å². The van der Waals surface area contributed by atoms with Crippen LogP contribution in [0.25, 0.3) is 5.43 Å². The van der Waals surface area contributed by atoms with Crippen LogP contribution in [-0.4, -0.2) is 24.8 Å². The molecule has 17 heavy (non-hydrogen) atoms. The van der Waals surface area contributed by atoms with E-state index in [9.17, 15) is 9.90 Å². The van der Waals surface area contributed by atoms with Crippen LogP contribution in [0.5, 0.6) is 11.5 Å². The number of nitrogens with two attached hydrogens (primary N) is 1. The molecule has 0 spiro atoms. The van der Waals surface area contributed by atoms with E-state index in [1.165, 1.54) is 19.2 Å². The normalized spacial score (nSPS) is 9.00. The Morgan fingerprint density at radius 2 is 2.24 bits per heavy atom. The number of rotatable bonds is 3. The molecule has 4 N–H and O–H groups in total. The summed E-state index contributed by atoms with van der Waals surface area (Å²) in [6, 6.07) is 3.78. The van der Waals surface area contributed by atoms with Gasteiger partial charge in [-0.3, -0.25) is 9.90 Å². The first-order valence-corrected chi connectivity index (χ1v) is 4.02. The fraction of sp³-hybridized carbons (Fsp3) is 0.111. The van der Waals surface area contributed by atoms with Gasteiger partial charge < -0.3 is 26.5 Å². The molecule has 1 rings (SSSR count). The fourth-order valence-electron chi connectivity index (χ4n) is 0.943. The summed E-state index contributed by atoms with van der Waals surface area (Å²) in [6.07, 6.45) is 1.15. The molecule has 0 fully saturated rings. The topological polar surface area (TPSA) is 133 Å². The first-order chi connectivity index (χ1) is 7.15. The zero-order chi connectivity index (χ0) is 11.3. The Balaban J connectivity index is 0. The van der Waals surface area contributed by atoms with Gasteiger partial charge in [-0.1, -0.05) is 17.9 Å². The molecule has 1 aromatic rings. The van der Waals surface area contributed by atoms with Crippen molar-refractivity contribution in [1.29, 1.82) is 0 Å². The standard InChI is InChI=1S/C9H11N3O3.Co.H2O/c1-15-7-4-2-3-6(8(7)13)5-11-12-9(10)14;;/h2-5H,1H3,(H4,10,11,12,13,14);;1H2/q;+2;/p-2.